The maximum absolute atomic E-state index is 14.0. The number of nitrogens with zero attached hydrogens (tertiary/aromatic N) is 9. The highest BCUT2D eigenvalue weighted by atomic mass is 35.5. The number of halogens is 4. The molecule has 19 nitrogen and oxygen atoms in total. The van der Waals surface area contributed by atoms with Crippen LogP contribution in [0.3, 0.4) is 0 Å². The fourth-order valence-corrected chi connectivity index (χ4v) is 9.61. The first-order valence-electron chi connectivity index (χ1n) is 29.1. The number of rotatable bonds is 16. The van der Waals surface area contributed by atoms with Crippen LogP contribution in [0.25, 0.3) is 0 Å². The van der Waals surface area contributed by atoms with E-state index >= 15 is 0 Å². The lowest BCUT2D eigenvalue weighted by molar-refractivity contribution is 0.101. The summed E-state index contributed by atoms with van der Waals surface area (Å²) in [7, 11) is 3.68. The number of anilines is 8. The summed E-state index contributed by atoms with van der Waals surface area (Å²) in [6.07, 6.45) is 21.0. The van der Waals surface area contributed by atoms with Crippen LogP contribution in [-0.2, 0) is 0 Å². The third-order valence-corrected chi connectivity index (χ3v) is 14.2. The van der Waals surface area contributed by atoms with Gasteiger partial charge in [-0.3, -0.25) is 29.1 Å². The Kier molecular flexibility index (Phi) is 23.9. The van der Waals surface area contributed by atoms with Gasteiger partial charge < -0.3 is 40.5 Å². The Bertz CT molecular complexity index is 4720. The van der Waals surface area contributed by atoms with Gasteiger partial charge in [0.25, 0.3) is 23.6 Å². The van der Waals surface area contributed by atoms with Crippen LogP contribution in [0.5, 0.6) is 23.0 Å². The van der Waals surface area contributed by atoms with Crippen LogP contribution < -0.4 is 40.5 Å². The van der Waals surface area contributed by atoms with Crippen LogP contribution in [-0.4, -0.2) is 72.6 Å². The van der Waals surface area contributed by atoms with Gasteiger partial charge in [0.2, 0.25) is 0 Å². The van der Waals surface area contributed by atoms with Crippen LogP contribution in [0.2, 0.25) is 5.02 Å². The highest BCUT2D eigenvalue weighted by Crippen LogP contribution is 2.32. The number of pyridine rings is 2. The fraction of sp³-hybridized carbons (Fsp3) is 0.0548. The number of thiazole rings is 1. The molecular weight excluding hydrogens is 1280 g/mol. The lowest BCUT2D eigenvalue weighted by Gasteiger charge is -2.20. The molecular formula is C73H57ClF3N13O6S. The molecule has 97 heavy (non-hydrogen) atoms. The van der Waals surface area contributed by atoms with E-state index in [-0.39, 0.29) is 40.6 Å². The molecule has 0 unspecified atom stereocenters. The normalized spacial score (nSPS) is 10.2. The number of ether oxygens (including phenoxy) is 2. The van der Waals surface area contributed by atoms with Crippen molar-refractivity contribution in [3.05, 3.63) is 305 Å². The Labute approximate surface area is 564 Å². The lowest BCUT2D eigenvalue weighted by Crippen LogP contribution is -2.14. The number of terminal acetylenes is 1. The molecule has 4 amide bonds. The predicted octanol–water partition coefficient (Wildman–Crippen LogP) is 16.4. The number of nitrogens with one attached hydrogen (secondary N) is 4. The van der Waals surface area contributed by atoms with Crippen molar-refractivity contribution in [1.29, 1.82) is 0 Å². The summed E-state index contributed by atoms with van der Waals surface area (Å²) in [6.45, 7) is 3.82. The van der Waals surface area contributed by atoms with Crippen LogP contribution in [0, 0.1) is 43.6 Å². The molecule has 12 rings (SSSR count). The summed E-state index contributed by atoms with van der Waals surface area (Å²) >= 11 is 7.52. The molecule has 0 radical (unpaired) electrons. The van der Waals surface area contributed by atoms with Gasteiger partial charge in [-0.05, 0) is 129 Å². The molecule has 12 aromatic rings. The second-order valence-electron chi connectivity index (χ2n) is 20.8. The van der Waals surface area contributed by atoms with Crippen LogP contribution in [0.4, 0.5) is 58.7 Å². The number of hydrogen-bond donors (Lipinski definition) is 4. The number of aryl methyl sites for hydroxylation is 2. The largest absolute Gasteiger partial charge is 0.456 e. The van der Waals surface area contributed by atoms with Crippen LogP contribution >= 0.6 is 22.9 Å². The minimum atomic E-state index is -0.539. The average Bonchev–Trinajstić information content (AvgIpc) is 1.05. The van der Waals surface area contributed by atoms with E-state index in [0.717, 1.165) is 28.2 Å². The van der Waals surface area contributed by atoms with Crippen molar-refractivity contribution in [2.24, 2.45) is 0 Å². The summed E-state index contributed by atoms with van der Waals surface area (Å²) in [4.78, 5) is 80.2. The van der Waals surface area contributed by atoms with Crippen molar-refractivity contribution in [3.8, 4) is 35.3 Å². The molecule has 5 heterocycles. The molecule has 0 aliphatic heterocycles. The first-order chi connectivity index (χ1) is 46.9. The van der Waals surface area contributed by atoms with E-state index in [9.17, 15) is 32.3 Å². The number of amides is 4. The summed E-state index contributed by atoms with van der Waals surface area (Å²) < 4.78 is 52.5. The molecule has 0 saturated heterocycles. The van der Waals surface area contributed by atoms with Crippen molar-refractivity contribution < 1.29 is 41.8 Å². The molecule has 5 aromatic heterocycles. The number of aromatic nitrogens is 7. The quantitative estimate of drug-likeness (QED) is 0.0659. The predicted molar refractivity (Wildman–Crippen MR) is 370 cm³/mol. The molecule has 0 aliphatic rings. The standard InChI is InChI=1S/C20H15ClN4O.C20H18FN3O.C19H15FN2O2.C14H9FN4O2S/c1-3-14-5-4-6-15(7-14)20(26)24-17-8-16(21)9-18(10-17)25(2)19-11-22-13-23-12-19;1-14-5-3-6-15(9-14)20(25)23-17-10-16(21)11-19(12-17)24(2)18-7-4-8-22-13-18;1-13-4-2-5-14(8-13)19(23)22-16-9-15(20)10-18(11-16)24-17-6-3-7-21-12-17;15-9-1-10(19-14(20)13-6-22-8-18-13)3-11(2-9)21-12-4-16-7-17-5-12/h1,4-13H,2H3,(H,24,26);3-13H,1-2H3,(H,23,25);2-12H,1H3,(H,22,23);1-8H,(H,19,20). The number of carbonyl (C=O) groups is 4. The van der Waals surface area contributed by atoms with E-state index in [4.69, 9.17) is 27.5 Å². The minimum Gasteiger partial charge on any atom is -0.456 e. The molecule has 4 N–H and O–H groups in total. The van der Waals surface area contributed by atoms with Gasteiger partial charge in [0.05, 0.1) is 54.1 Å². The summed E-state index contributed by atoms with van der Waals surface area (Å²) in [5.74, 6) is 1.15. The first-order valence-corrected chi connectivity index (χ1v) is 30.4. The Balaban J connectivity index is 0.000000152. The van der Waals surface area contributed by atoms with Gasteiger partial charge in [0.1, 0.15) is 53.0 Å². The third kappa shape index (κ3) is 20.9. The molecule has 0 saturated carbocycles. The van der Waals surface area contributed by atoms with Crippen molar-refractivity contribution >= 4 is 92.1 Å². The van der Waals surface area contributed by atoms with E-state index in [1.54, 1.807) is 138 Å². The van der Waals surface area contributed by atoms with Crippen LogP contribution in [0.1, 0.15) is 58.3 Å². The van der Waals surface area contributed by atoms with Gasteiger partial charge in [-0.25, -0.2) is 38.1 Å². The number of benzene rings is 7. The summed E-state index contributed by atoms with van der Waals surface area (Å²) in [5, 5.41) is 12.9. The zero-order valence-electron chi connectivity index (χ0n) is 52.1. The van der Waals surface area contributed by atoms with Gasteiger partial charge >= 0.3 is 0 Å². The molecule has 0 aliphatic carbocycles. The number of hydrogen-bond acceptors (Lipinski definition) is 16. The Hall–Kier alpha value is -12.7. The van der Waals surface area contributed by atoms with E-state index in [1.165, 1.54) is 85.0 Å². The Morgan fingerprint density at radius 1 is 0.464 bits per heavy atom. The third-order valence-electron chi connectivity index (χ3n) is 13.4. The molecule has 0 bridgehead atoms. The summed E-state index contributed by atoms with van der Waals surface area (Å²) in [5.41, 5.74) is 10.5. The van der Waals surface area contributed by atoms with E-state index in [0.29, 0.717) is 61.5 Å². The molecule has 0 spiro atoms. The Morgan fingerprint density at radius 2 is 0.928 bits per heavy atom. The monoisotopic (exact) mass is 1340 g/mol. The highest BCUT2D eigenvalue weighted by molar-refractivity contribution is 7.07. The minimum absolute atomic E-state index is 0.225. The lowest BCUT2D eigenvalue weighted by atomic mass is 10.1. The van der Waals surface area contributed by atoms with E-state index in [2.05, 4.69) is 62.1 Å². The van der Waals surface area contributed by atoms with Crippen molar-refractivity contribution in [2.75, 3.05) is 45.2 Å². The second kappa shape index (κ2) is 33.8. The topological polar surface area (TPSA) is 232 Å². The van der Waals surface area contributed by atoms with Gasteiger partial charge in [-0.1, -0.05) is 59.0 Å². The maximum Gasteiger partial charge on any atom is 0.275 e. The molecule has 7 aromatic carbocycles. The maximum atomic E-state index is 14.0. The van der Waals surface area contributed by atoms with Crippen molar-refractivity contribution in [1.82, 2.24) is 34.9 Å². The molecule has 0 atom stereocenters. The van der Waals surface area contributed by atoms with E-state index < -0.39 is 23.4 Å². The van der Waals surface area contributed by atoms with Gasteiger partial charge in [0.15, 0.2) is 5.75 Å². The smallest absolute Gasteiger partial charge is 0.275 e. The Morgan fingerprint density at radius 3 is 1.45 bits per heavy atom. The highest BCUT2D eigenvalue weighted by Gasteiger charge is 2.16. The van der Waals surface area contributed by atoms with E-state index in [1.807, 2.05) is 69.2 Å². The second-order valence-corrected chi connectivity index (χ2v) is 21.9. The number of carbonyl (C=O) groups excluding carboxylic acids is 4. The van der Waals surface area contributed by atoms with Crippen molar-refractivity contribution in [3.63, 3.8) is 0 Å². The molecule has 24 heteroatoms. The van der Waals surface area contributed by atoms with Gasteiger partial charge in [-0.15, -0.1) is 17.8 Å². The SMILES string of the molecule is C#Cc1cccc(C(=O)Nc2cc(Cl)cc(N(C)c3cncnc3)c2)c1.Cc1cccc(C(=O)Nc2cc(F)cc(N(C)c3cccnc3)c2)c1.Cc1cccc(C(=O)Nc2cc(F)cc(Oc3cccnc3)c2)c1.O=C(Nc1cc(F)cc(Oc2cncnc2)c1)c1cscn1. The van der Waals surface area contributed by atoms with Crippen LogP contribution in [0.15, 0.2) is 243 Å². The zero-order valence-corrected chi connectivity index (χ0v) is 53.6. The first kappa shape index (κ1) is 68.7. The zero-order chi connectivity index (χ0) is 68.6. The fourth-order valence-electron chi connectivity index (χ4n) is 8.85. The average molecular weight is 1340 g/mol. The summed E-state index contributed by atoms with van der Waals surface area (Å²) in [6, 6.07) is 46.1. The van der Waals surface area contributed by atoms with Gasteiger partial charge in [0, 0.05) is 118 Å². The van der Waals surface area contributed by atoms with Crippen molar-refractivity contribution in [2.45, 2.75) is 13.8 Å². The molecule has 0 fully saturated rings. The van der Waals surface area contributed by atoms with Gasteiger partial charge in [-0.2, -0.15) is 0 Å². The molecule has 484 valence electrons.